The summed E-state index contributed by atoms with van der Waals surface area (Å²) >= 11 is 0. The summed E-state index contributed by atoms with van der Waals surface area (Å²) in [7, 11) is 1.43. The minimum atomic E-state index is -1.08. The minimum absolute atomic E-state index is 0.207. The predicted molar refractivity (Wildman–Crippen MR) is 65.5 cm³/mol. The van der Waals surface area contributed by atoms with Gasteiger partial charge in [-0.1, -0.05) is 12.1 Å². The summed E-state index contributed by atoms with van der Waals surface area (Å²) < 4.78 is 5.00. The van der Waals surface area contributed by atoms with E-state index in [1.807, 2.05) is 0 Å². The van der Waals surface area contributed by atoms with Gasteiger partial charge in [-0.05, 0) is 12.1 Å². The highest BCUT2D eigenvalue weighted by Gasteiger charge is 2.12. The monoisotopic (exact) mass is 266 g/mol. The molecule has 0 atom stereocenters. The Labute approximate surface area is 109 Å². The Morgan fingerprint density at radius 1 is 1.16 bits per heavy atom. The van der Waals surface area contributed by atoms with Crippen LogP contribution in [0.3, 0.4) is 0 Å². The number of rotatable bonds is 5. The molecule has 1 aromatic carbocycles. The fourth-order valence-electron chi connectivity index (χ4n) is 1.31. The van der Waals surface area contributed by atoms with Gasteiger partial charge in [0.15, 0.2) is 0 Å². The number of hydrazine groups is 1. The molecule has 0 radical (unpaired) electrons. The molecule has 1 aromatic rings. The molecule has 0 unspecified atom stereocenters. The highest BCUT2D eigenvalue weighted by Crippen LogP contribution is 2.16. The molecular formula is C12H14N2O5. The zero-order valence-electron chi connectivity index (χ0n) is 10.3. The van der Waals surface area contributed by atoms with E-state index in [-0.39, 0.29) is 18.4 Å². The van der Waals surface area contributed by atoms with Crippen molar-refractivity contribution in [3.05, 3.63) is 29.8 Å². The van der Waals surface area contributed by atoms with Gasteiger partial charge in [0.1, 0.15) is 5.75 Å². The molecule has 102 valence electrons. The molecule has 19 heavy (non-hydrogen) atoms. The summed E-state index contributed by atoms with van der Waals surface area (Å²) in [6.07, 6.45) is -0.502. The SMILES string of the molecule is COc1ccccc1C(=O)NNC(=O)CCC(=O)O. The lowest BCUT2D eigenvalue weighted by molar-refractivity contribution is -0.138. The van der Waals surface area contributed by atoms with Crippen molar-refractivity contribution >= 4 is 17.8 Å². The first kappa shape index (κ1) is 14.5. The van der Waals surface area contributed by atoms with Gasteiger partial charge in [-0.2, -0.15) is 0 Å². The van der Waals surface area contributed by atoms with Gasteiger partial charge in [0.05, 0.1) is 19.1 Å². The second kappa shape index (κ2) is 7.00. The van der Waals surface area contributed by atoms with E-state index in [0.29, 0.717) is 5.75 Å². The second-order valence-corrected chi connectivity index (χ2v) is 3.60. The smallest absolute Gasteiger partial charge is 0.303 e. The quantitative estimate of drug-likeness (QED) is 0.666. The highest BCUT2D eigenvalue weighted by atomic mass is 16.5. The number of carbonyl (C=O) groups excluding carboxylic acids is 2. The summed E-state index contributed by atoms with van der Waals surface area (Å²) in [6, 6.07) is 6.52. The number of para-hydroxylation sites is 1. The maximum Gasteiger partial charge on any atom is 0.303 e. The van der Waals surface area contributed by atoms with Gasteiger partial charge in [0.25, 0.3) is 5.91 Å². The van der Waals surface area contributed by atoms with Crippen molar-refractivity contribution in [2.24, 2.45) is 0 Å². The zero-order chi connectivity index (χ0) is 14.3. The number of hydrogen-bond donors (Lipinski definition) is 3. The van der Waals surface area contributed by atoms with Crippen LogP contribution >= 0.6 is 0 Å². The summed E-state index contributed by atoms with van der Waals surface area (Å²) in [6.45, 7) is 0. The Morgan fingerprint density at radius 2 is 1.84 bits per heavy atom. The molecule has 0 fully saturated rings. The number of ether oxygens (including phenoxy) is 1. The molecule has 0 spiro atoms. The van der Waals surface area contributed by atoms with Crippen LogP contribution in [0.4, 0.5) is 0 Å². The van der Waals surface area contributed by atoms with E-state index in [4.69, 9.17) is 9.84 Å². The Balaban J connectivity index is 2.51. The van der Waals surface area contributed by atoms with Crippen molar-refractivity contribution in [1.29, 1.82) is 0 Å². The van der Waals surface area contributed by atoms with E-state index in [1.165, 1.54) is 13.2 Å². The van der Waals surface area contributed by atoms with Crippen LogP contribution in [0.25, 0.3) is 0 Å². The summed E-state index contributed by atoms with van der Waals surface area (Å²) in [5.74, 6) is -1.82. The molecule has 7 heteroatoms. The fraction of sp³-hybridized carbons (Fsp3) is 0.250. The summed E-state index contributed by atoms with van der Waals surface area (Å²) in [4.78, 5) is 33.2. The number of methoxy groups -OCH3 is 1. The molecule has 0 saturated heterocycles. The minimum Gasteiger partial charge on any atom is -0.496 e. The molecule has 0 aliphatic heterocycles. The third-order valence-corrected chi connectivity index (χ3v) is 2.23. The maximum atomic E-state index is 11.7. The molecule has 0 aliphatic rings. The van der Waals surface area contributed by atoms with Gasteiger partial charge < -0.3 is 9.84 Å². The van der Waals surface area contributed by atoms with Crippen LogP contribution in [0, 0.1) is 0 Å². The van der Waals surface area contributed by atoms with Gasteiger partial charge in [-0.15, -0.1) is 0 Å². The standard InChI is InChI=1S/C12H14N2O5/c1-19-9-5-3-2-4-8(9)12(18)14-13-10(15)6-7-11(16)17/h2-5H,6-7H2,1H3,(H,13,15)(H,14,18)(H,16,17). The Morgan fingerprint density at radius 3 is 2.47 bits per heavy atom. The third-order valence-electron chi connectivity index (χ3n) is 2.23. The lowest BCUT2D eigenvalue weighted by Gasteiger charge is -2.09. The molecule has 7 nitrogen and oxygen atoms in total. The maximum absolute atomic E-state index is 11.7. The first-order valence-electron chi connectivity index (χ1n) is 5.48. The van der Waals surface area contributed by atoms with E-state index in [2.05, 4.69) is 10.9 Å². The van der Waals surface area contributed by atoms with Crippen LogP contribution in [0.1, 0.15) is 23.2 Å². The first-order valence-corrected chi connectivity index (χ1v) is 5.48. The van der Waals surface area contributed by atoms with Crippen LogP contribution in [0.2, 0.25) is 0 Å². The van der Waals surface area contributed by atoms with Crippen LogP contribution < -0.4 is 15.6 Å². The molecule has 3 N–H and O–H groups in total. The van der Waals surface area contributed by atoms with Gasteiger partial charge in [-0.25, -0.2) is 0 Å². The van der Waals surface area contributed by atoms with E-state index in [1.54, 1.807) is 18.2 Å². The number of aliphatic carboxylic acids is 1. The second-order valence-electron chi connectivity index (χ2n) is 3.60. The topological polar surface area (TPSA) is 105 Å². The van der Waals surface area contributed by atoms with Crippen molar-refractivity contribution in [2.45, 2.75) is 12.8 Å². The number of hydrogen-bond acceptors (Lipinski definition) is 4. The summed E-state index contributed by atoms with van der Waals surface area (Å²) in [5.41, 5.74) is 4.58. The molecule has 2 amide bonds. The molecular weight excluding hydrogens is 252 g/mol. The van der Waals surface area contributed by atoms with Crippen LogP contribution in [0.5, 0.6) is 5.75 Å². The van der Waals surface area contributed by atoms with E-state index < -0.39 is 17.8 Å². The van der Waals surface area contributed by atoms with Crippen LogP contribution in [-0.2, 0) is 9.59 Å². The Bertz CT molecular complexity index is 487. The molecule has 0 bridgehead atoms. The largest absolute Gasteiger partial charge is 0.496 e. The van der Waals surface area contributed by atoms with Gasteiger partial charge in [-0.3, -0.25) is 25.2 Å². The molecule has 0 aromatic heterocycles. The van der Waals surface area contributed by atoms with Crippen LogP contribution in [-0.4, -0.2) is 30.0 Å². The van der Waals surface area contributed by atoms with Crippen molar-refractivity contribution in [2.75, 3.05) is 7.11 Å². The first-order chi connectivity index (χ1) is 9.04. The van der Waals surface area contributed by atoms with Crippen molar-refractivity contribution in [3.8, 4) is 5.75 Å². The van der Waals surface area contributed by atoms with Gasteiger partial charge in [0, 0.05) is 6.42 Å². The van der Waals surface area contributed by atoms with Crippen LogP contribution in [0.15, 0.2) is 24.3 Å². The zero-order valence-corrected chi connectivity index (χ0v) is 10.3. The van der Waals surface area contributed by atoms with E-state index >= 15 is 0 Å². The molecule has 0 saturated carbocycles. The van der Waals surface area contributed by atoms with Gasteiger partial charge >= 0.3 is 5.97 Å². The number of benzene rings is 1. The normalized spacial score (nSPS) is 9.53. The van der Waals surface area contributed by atoms with Crippen molar-refractivity contribution in [3.63, 3.8) is 0 Å². The number of carbonyl (C=O) groups is 3. The van der Waals surface area contributed by atoms with Crippen molar-refractivity contribution < 1.29 is 24.2 Å². The predicted octanol–water partition coefficient (Wildman–Crippen LogP) is 0.321. The average molecular weight is 266 g/mol. The molecule has 1 rings (SSSR count). The number of nitrogens with one attached hydrogen (secondary N) is 2. The number of amides is 2. The lowest BCUT2D eigenvalue weighted by Crippen LogP contribution is -2.41. The van der Waals surface area contributed by atoms with Gasteiger partial charge in [0.2, 0.25) is 5.91 Å². The average Bonchev–Trinajstić information content (AvgIpc) is 2.42. The van der Waals surface area contributed by atoms with Crippen molar-refractivity contribution in [1.82, 2.24) is 10.9 Å². The Kier molecular flexibility index (Phi) is 5.34. The Hall–Kier alpha value is -2.57. The fourth-order valence-corrected chi connectivity index (χ4v) is 1.31. The number of carboxylic acids is 1. The summed E-state index contributed by atoms with van der Waals surface area (Å²) in [5, 5.41) is 8.40. The number of carboxylic acid groups (broad SMARTS) is 1. The highest BCUT2D eigenvalue weighted by molar-refractivity contribution is 5.97. The molecule has 0 aliphatic carbocycles. The van der Waals surface area contributed by atoms with E-state index in [0.717, 1.165) is 0 Å². The van der Waals surface area contributed by atoms with E-state index in [9.17, 15) is 14.4 Å². The molecule has 0 heterocycles. The third kappa shape index (κ3) is 4.66. The lowest BCUT2D eigenvalue weighted by atomic mass is 10.2.